The van der Waals surface area contributed by atoms with Crippen molar-refractivity contribution in [2.75, 3.05) is 6.61 Å². The summed E-state index contributed by atoms with van der Waals surface area (Å²) in [5.41, 5.74) is 0.530. The molecule has 0 saturated heterocycles. The van der Waals surface area contributed by atoms with E-state index < -0.39 is 0 Å². The van der Waals surface area contributed by atoms with Crippen LogP contribution < -0.4 is 10.1 Å². The number of aromatic nitrogens is 1. The molecule has 0 aliphatic rings. The van der Waals surface area contributed by atoms with Crippen LogP contribution in [0.2, 0.25) is 0 Å². The van der Waals surface area contributed by atoms with E-state index in [-0.39, 0.29) is 24.2 Å². The van der Waals surface area contributed by atoms with E-state index in [1.165, 1.54) is 0 Å². The first-order valence-electron chi connectivity index (χ1n) is 6.79. The predicted molar refractivity (Wildman–Crippen MR) is 77.6 cm³/mol. The van der Waals surface area contributed by atoms with Crippen LogP contribution in [0.25, 0.3) is 0 Å². The second-order valence-corrected chi connectivity index (χ2v) is 5.81. The summed E-state index contributed by atoms with van der Waals surface area (Å²) in [5, 5.41) is 2.80. The number of carbonyl (C=O) groups is 1. The van der Waals surface area contributed by atoms with E-state index in [1.807, 2.05) is 46.8 Å². The smallest absolute Gasteiger partial charge is 0.246 e. The summed E-state index contributed by atoms with van der Waals surface area (Å²) in [5.74, 6) is 0.402. The van der Waals surface area contributed by atoms with Crippen molar-refractivity contribution >= 4 is 5.91 Å². The summed E-state index contributed by atoms with van der Waals surface area (Å²) >= 11 is 0. The molecule has 1 amide bonds. The van der Waals surface area contributed by atoms with Gasteiger partial charge in [-0.05, 0) is 40.7 Å². The minimum absolute atomic E-state index is 0.0450. The molecule has 0 spiro atoms. The van der Waals surface area contributed by atoms with Crippen LogP contribution in [-0.4, -0.2) is 29.2 Å². The zero-order chi connectivity index (χ0) is 15.2. The van der Waals surface area contributed by atoms with Crippen molar-refractivity contribution in [3.05, 3.63) is 23.9 Å². The maximum absolute atomic E-state index is 11.7. The van der Waals surface area contributed by atoms with Crippen molar-refractivity contribution < 1.29 is 14.3 Å². The predicted octanol–water partition coefficient (Wildman–Crippen LogP) is 2.30. The Kier molecular flexibility index (Phi) is 5.95. The Balaban J connectivity index is 2.51. The highest BCUT2D eigenvalue weighted by atomic mass is 16.5. The molecular formula is C15H24N2O3. The lowest BCUT2D eigenvalue weighted by Crippen LogP contribution is -2.31. The topological polar surface area (TPSA) is 60.5 Å². The summed E-state index contributed by atoms with van der Waals surface area (Å²) in [4.78, 5) is 15.9. The van der Waals surface area contributed by atoms with Crippen molar-refractivity contribution in [1.82, 2.24) is 10.3 Å². The van der Waals surface area contributed by atoms with E-state index >= 15 is 0 Å². The number of nitrogens with zero attached hydrogens (tertiary/aromatic N) is 1. The highest BCUT2D eigenvalue weighted by Gasteiger charge is 2.13. The molecule has 1 N–H and O–H groups in total. The lowest BCUT2D eigenvalue weighted by molar-refractivity contribution is -0.130. The van der Waals surface area contributed by atoms with Crippen LogP contribution in [0.3, 0.4) is 0 Å². The molecule has 112 valence electrons. The Morgan fingerprint density at radius 2 is 2.10 bits per heavy atom. The Morgan fingerprint density at radius 3 is 2.70 bits per heavy atom. The van der Waals surface area contributed by atoms with Gasteiger partial charge >= 0.3 is 0 Å². The average molecular weight is 280 g/mol. The summed E-state index contributed by atoms with van der Waals surface area (Å²) < 4.78 is 11.0. The number of carbonyl (C=O) groups excluding carboxylic acids is 1. The van der Waals surface area contributed by atoms with Gasteiger partial charge in [0.2, 0.25) is 11.8 Å². The molecule has 1 aromatic heterocycles. The molecule has 0 fully saturated rings. The summed E-state index contributed by atoms with van der Waals surface area (Å²) in [6.07, 6.45) is 1.72. The lowest BCUT2D eigenvalue weighted by atomic mass is 10.2. The molecule has 0 aliphatic heterocycles. The van der Waals surface area contributed by atoms with Crippen LogP contribution in [0.1, 0.15) is 40.2 Å². The first-order chi connectivity index (χ1) is 9.28. The van der Waals surface area contributed by atoms with E-state index in [1.54, 1.807) is 6.20 Å². The van der Waals surface area contributed by atoms with Gasteiger partial charge in [0.25, 0.3) is 0 Å². The fraction of sp³-hybridized carbons (Fsp3) is 0.600. The van der Waals surface area contributed by atoms with Crippen LogP contribution in [0.5, 0.6) is 5.88 Å². The Bertz CT molecular complexity index is 439. The van der Waals surface area contributed by atoms with Gasteiger partial charge in [0.1, 0.15) is 6.61 Å². The minimum Gasteiger partial charge on any atom is -0.475 e. The fourth-order valence-corrected chi connectivity index (χ4v) is 1.41. The molecule has 20 heavy (non-hydrogen) atoms. The van der Waals surface area contributed by atoms with Crippen molar-refractivity contribution in [2.45, 2.75) is 52.9 Å². The first-order valence-corrected chi connectivity index (χ1v) is 6.79. The van der Waals surface area contributed by atoms with Crippen LogP contribution in [-0.2, 0) is 16.1 Å². The van der Waals surface area contributed by atoms with Crippen LogP contribution >= 0.6 is 0 Å². The Hall–Kier alpha value is -1.62. The van der Waals surface area contributed by atoms with E-state index in [9.17, 15) is 4.79 Å². The van der Waals surface area contributed by atoms with Crippen molar-refractivity contribution in [2.24, 2.45) is 0 Å². The standard InChI is InChI=1S/C15H24N2O3/c1-11(2)20-14-12(7-6-8-16-14)9-17-13(18)10-19-15(3,4)5/h6-8,11H,9-10H2,1-5H3,(H,17,18). The highest BCUT2D eigenvalue weighted by molar-refractivity contribution is 5.77. The van der Waals surface area contributed by atoms with Crippen LogP contribution in [0, 0.1) is 0 Å². The van der Waals surface area contributed by atoms with E-state index in [0.29, 0.717) is 12.4 Å². The number of nitrogens with one attached hydrogen (secondary N) is 1. The second kappa shape index (κ2) is 7.24. The monoisotopic (exact) mass is 280 g/mol. The third-order valence-corrected chi connectivity index (χ3v) is 2.31. The van der Waals surface area contributed by atoms with Gasteiger partial charge in [0.05, 0.1) is 11.7 Å². The minimum atomic E-state index is -0.322. The molecule has 5 nitrogen and oxygen atoms in total. The van der Waals surface area contributed by atoms with Crippen LogP contribution in [0.4, 0.5) is 0 Å². The van der Waals surface area contributed by atoms with E-state index in [0.717, 1.165) is 5.56 Å². The van der Waals surface area contributed by atoms with Crippen molar-refractivity contribution in [1.29, 1.82) is 0 Å². The first kappa shape index (κ1) is 16.4. The van der Waals surface area contributed by atoms with Gasteiger partial charge < -0.3 is 14.8 Å². The maximum Gasteiger partial charge on any atom is 0.246 e. The SMILES string of the molecule is CC(C)Oc1ncccc1CNC(=O)COC(C)(C)C. The van der Waals surface area contributed by atoms with Crippen molar-refractivity contribution in [3.63, 3.8) is 0 Å². The Labute approximate surface area is 120 Å². The van der Waals surface area contributed by atoms with E-state index in [2.05, 4.69) is 10.3 Å². The van der Waals surface area contributed by atoms with Gasteiger partial charge in [-0.2, -0.15) is 0 Å². The third-order valence-electron chi connectivity index (χ3n) is 2.31. The number of pyridine rings is 1. The lowest BCUT2D eigenvalue weighted by Gasteiger charge is -2.19. The molecule has 0 bridgehead atoms. The number of rotatable bonds is 6. The van der Waals surface area contributed by atoms with Gasteiger partial charge in [-0.25, -0.2) is 4.98 Å². The van der Waals surface area contributed by atoms with E-state index in [4.69, 9.17) is 9.47 Å². The molecule has 0 unspecified atom stereocenters. The second-order valence-electron chi connectivity index (χ2n) is 5.81. The number of hydrogen-bond acceptors (Lipinski definition) is 4. The summed E-state index contributed by atoms with van der Waals surface area (Å²) in [7, 11) is 0. The zero-order valence-corrected chi connectivity index (χ0v) is 12.9. The fourth-order valence-electron chi connectivity index (χ4n) is 1.41. The number of ether oxygens (including phenoxy) is 2. The third kappa shape index (κ3) is 6.52. The molecule has 1 heterocycles. The summed E-state index contributed by atoms with van der Waals surface area (Å²) in [6, 6.07) is 3.70. The number of amides is 1. The average Bonchev–Trinajstić information content (AvgIpc) is 2.34. The zero-order valence-electron chi connectivity index (χ0n) is 12.9. The quantitative estimate of drug-likeness (QED) is 0.868. The van der Waals surface area contributed by atoms with Gasteiger partial charge in [-0.1, -0.05) is 6.07 Å². The van der Waals surface area contributed by atoms with Crippen molar-refractivity contribution in [3.8, 4) is 5.88 Å². The van der Waals surface area contributed by atoms with Gasteiger partial charge in [-0.3, -0.25) is 4.79 Å². The molecule has 0 aromatic carbocycles. The number of hydrogen-bond donors (Lipinski definition) is 1. The van der Waals surface area contributed by atoms with Gasteiger partial charge in [0, 0.05) is 18.3 Å². The molecule has 0 saturated carbocycles. The largest absolute Gasteiger partial charge is 0.475 e. The van der Waals surface area contributed by atoms with Gasteiger partial charge in [0.15, 0.2) is 0 Å². The molecule has 0 radical (unpaired) electrons. The maximum atomic E-state index is 11.7. The molecule has 1 aromatic rings. The normalized spacial score (nSPS) is 11.5. The van der Waals surface area contributed by atoms with Crippen LogP contribution in [0.15, 0.2) is 18.3 Å². The molecule has 0 atom stereocenters. The Morgan fingerprint density at radius 1 is 1.40 bits per heavy atom. The highest BCUT2D eigenvalue weighted by Crippen LogP contribution is 2.15. The molecule has 5 heteroatoms. The molecular weight excluding hydrogens is 256 g/mol. The van der Waals surface area contributed by atoms with Gasteiger partial charge in [-0.15, -0.1) is 0 Å². The molecule has 1 rings (SSSR count). The molecule has 0 aliphatic carbocycles. The summed E-state index contributed by atoms with van der Waals surface area (Å²) in [6.45, 7) is 10.0.